The topological polar surface area (TPSA) is 84.6 Å². The second kappa shape index (κ2) is 7.40. The van der Waals surface area contributed by atoms with Crippen LogP contribution in [0.25, 0.3) is 0 Å². The van der Waals surface area contributed by atoms with Crippen molar-refractivity contribution in [2.24, 2.45) is 5.92 Å². The summed E-state index contributed by atoms with van der Waals surface area (Å²) in [5.41, 5.74) is 0.216. The lowest BCUT2D eigenvalue weighted by Gasteiger charge is -2.26. The minimum atomic E-state index is -0.482. The number of hydrogen-bond donors (Lipinski definition) is 2. The molecule has 1 amide bonds. The molecule has 1 aliphatic rings. The maximum atomic E-state index is 11.9. The van der Waals surface area contributed by atoms with Crippen molar-refractivity contribution in [2.75, 3.05) is 13.7 Å². The summed E-state index contributed by atoms with van der Waals surface area (Å²) in [4.78, 5) is 11.9. The largest absolute Gasteiger partial charge is 0.391 e. The van der Waals surface area contributed by atoms with Crippen molar-refractivity contribution < 1.29 is 19.2 Å². The number of aliphatic hydroxyl groups excluding tert-OH is 1. The van der Waals surface area contributed by atoms with Crippen molar-refractivity contribution in [3.8, 4) is 0 Å². The van der Waals surface area contributed by atoms with Crippen LogP contribution in [0.2, 0.25) is 0 Å². The summed E-state index contributed by atoms with van der Waals surface area (Å²) in [6.45, 7) is 0.543. The van der Waals surface area contributed by atoms with Crippen LogP contribution < -0.4 is 5.32 Å². The highest BCUT2D eigenvalue weighted by Gasteiger charge is 2.22. The predicted octanol–water partition coefficient (Wildman–Crippen LogP) is 1.49. The number of aliphatic hydroxyl groups is 1. The average Bonchev–Trinajstić information content (AvgIpc) is 2.94. The molecule has 1 aromatic rings. The second-order valence-corrected chi connectivity index (χ2v) is 5.29. The Kier molecular flexibility index (Phi) is 5.55. The highest BCUT2D eigenvalue weighted by atomic mass is 16.5. The molecule has 1 heterocycles. The number of nitrogens with one attached hydrogen (secondary N) is 1. The lowest BCUT2D eigenvalue weighted by atomic mass is 9.85. The molecule has 1 saturated carbocycles. The van der Waals surface area contributed by atoms with Gasteiger partial charge in [0.05, 0.1) is 6.10 Å². The molecular weight excluding hydrogens is 260 g/mol. The molecule has 6 heteroatoms. The number of aromatic nitrogens is 1. The van der Waals surface area contributed by atoms with E-state index in [4.69, 9.17) is 9.26 Å². The first-order valence-corrected chi connectivity index (χ1v) is 7.11. The van der Waals surface area contributed by atoms with Gasteiger partial charge in [-0.3, -0.25) is 4.79 Å². The maximum absolute atomic E-state index is 11.9. The number of methoxy groups -OCH3 is 1. The second-order valence-electron chi connectivity index (χ2n) is 5.29. The summed E-state index contributed by atoms with van der Waals surface area (Å²) in [5, 5.41) is 16.5. The van der Waals surface area contributed by atoms with Crippen molar-refractivity contribution >= 4 is 5.91 Å². The van der Waals surface area contributed by atoms with Crippen LogP contribution in [0.1, 0.15) is 48.4 Å². The first-order chi connectivity index (χ1) is 9.70. The maximum Gasteiger partial charge on any atom is 0.273 e. The molecule has 0 aliphatic heterocycles. The van der Waals surface area contributed by atoms with Gasteiger partial charge < -0.3 is 19.7 Å². The number of ether oxygens (including phenoxy) is 1. The van der Waals surface area contributed by atoms with Gasteiger partial charge in [0.2, 0.25) is 0 Å². The molecule has 0 saturated heterocycles. The minimum absolute atomic E-state index is 0.216. The van der Waals surface area contributed by atoms with Gasteiger partial charge in [0.15, 0.2) is 11.5 Å². The van der Waals surface area contributed by atoms with Crippen LogP contribution in [0.15, 0.2) is 10.6 Å². The van der Waals surface area contributed by atoms with Gasteiger partial charge in [-0.05, 0) is 18.8 Å². The van der Waals surface area contributed by atoms with Crippen molar-refractivity contribution in [3.05, 3.63) is 17.5 Å². The molecule has 2 N–H and O–H groups in total. The molecule has 1 aliphatic carbocycles. The van der Waals surface area contributed by atoms with Gasteiger partial charge in [0.1, 0.15) is 6.61 Å². The molecule has 0 unspecified atom stereocenters. The summed E-state index contributed by atoms with van der Waals surface area (Å²) in [5.74, 6) is 0.474. The third kappa shape index (κ3) is 4.05. The zero-order valence-electron chi connectivity index (χ0n) is 11.8. The van der Waals surface area contributed by atoms with Crippen molar-refractivity contribution in [3.63, 3.8) is 0 Å². The Hall–Kier alpha value is -1.40. The Balaban J connectivity index is 1.78. The molecule has 2 rings (SSSR count). The first kappa shape index (κ1) is 15.0. The van der Waals surface area contributed by atoms with E-state index in [9.17, 15) is 9.90 Å². The number of nitrogens with zero attached hydrogens (tertiary/aromatic N) is 1. The van der Waals surface area contributed by atoms with Crippen LogP contribution in [0.3, 0.4) is 0 Å². The molecule has 1 atom stereocenters. The highest BCUT2D eigenvalue weighted by Crippen LogP contribution is 2.26. The zero-order chi connectivity index (χ0) is 14.4. The third-order valence-corrected chi connectivity index (χ3v) is 3.74. The van der Waals surface area contributed by atoms with E-state index in [1.54, 1.807) is 13.2 Å². The van der Waals surface area contributed by atoms with Crippen molar-refractivity contribution in [1.29, 1.82) is 0 Å². The van der Waals surface area contributed by atoms with E-state index in [-0.39, 0.29) is 24.8 Å². The minimum Gasteiger partial charge on any atom is -0.391 e. The molecule has 0 aromatic carbocycles. The zero-order valence-corrected chi connectivity index (χ0v) is 11.8. The number of amides is 1. The van der Waals surface area contributed by atoms with Gasteiger partial charge in [-0.25, -0.2) is 0 Å². The Labute approximate surface area is 118 Å². The van der Waals surface area contributed by atoms with E-state index in [0.717, 1.165) is 12.8 Å². The van der Waals surface area contributed by atoms with Gasteiger partial charge in [-0.15, -0.1) is 0 Å². The molecule has 0 bridgehead atoms. The van der Waals surface area contributed by atoms with Crippen LogP contribution in [-0.2, 0) is 11.3 Å². The lowest BCUT2D eigenvalue weighted by molar-refractivity contribution is 0.0733. The smallest absolute Gasteiger partial charge is 0.273 e. The van der Waals surface area contributed by atoms with Crippen molar-refractivity contribution in [2.45, 2.75) is 44.8 Å². The Morgan fingerprint density at radius 1 is 1.55 bits per heavy atom. The van der Waals surface area contributed by atoms with E-state index in [0.29, 0.717) is 11.7 Å². The summed E-state index contributed by atoms with van der Waals surface area (Å²) >= 11 is 0. The number of carbonyl (C=O) groups excluding carboxylic acids is 1. The van der Waals surface area contributed by atoms with Gasteiger partial charge in [-0.2, -0.15) is 0 Å². The fourth-order valence-electron chi connectivity index (χ4n) is 2.60. The Morgan fingerprint density at radius 3 is 3.00 bits per heavy atom. The summed E-state index contributed by atoms with van der Waals surface area (Å²) in [6.07, 6.45) is 5.18. The van der Waals surface area contributed by atoms with E-state index in [2.05, 4.69) is 10.5 Å². The molecule has 6 nitrogen and oxygen atoms in total. The SMILES string of the molecule is COCc1cc(C(=O)NC[C@H](O)C2CCCCC2)no1. The fraction of sp³-hybridized carbons (Fsp3) is 0.714. The van der Waals surface area contributed by atoms with Crippen LogP contribution in [0.5, 0.6) is 0 Å². The van der Waals surface area contributed by atoms with Gasteiger partial charge >= 0.3 is 0 Å². The quantitative estimate of drug-likeness (QED) is 0.825. The molecular formula is C14H22N2O4. The summed E-state index contributed by atoms with van der Waals surface area (Å²) in [6, 6.07) is 1.55. The van der Waals surface area contributed by atoms with Crippen LogP contribution in [0.4, 0.5) is 0 Å². The number of rotatable bonds is 6. The number of hydrogen-bond acceptors (Lipinski definition) is 5. The normalized spacial score (nSPS) is 17.9. The molecule has 1 fully saturated rings. The van der Waals surface area contributed by atoms with Crippen LogP contribution in [0, 0.1) is 5.92 Å². The molecule has 112 valence electrons. The molecule has 1 aromatic heterocycles. The molecule has 20 heavy (non-hydrogen) atoms. The van der Waals surface area contributed by atoms with E-state index in [1.807, 2.05) is 0 Å². The standard InChI is InChI=1S/C14H22N2O4/c1-19-9-11-7-12(16-20-11)14(18)15-8-13(17)10-5-3-2-4-6-10/h7,10,13,17H,2-6,8-9H2,1H3,(H,15,18)/t13-/m0/s1. The van der Waals surface area contributed by atoms with Gasteiger partial charge in [0, 0.05) is 19.7 Å². The highest BCUT2D eigenvalue weighted by molar-refractivity contribution is 5.92. The van der Waals surface area contributed by atoms with Gasteiger partial charge in [-0.1, -0.05) is 24.4 Å². The summed E-state index contributed by atoms with van der Waals surface area (Å²) in [7, 11) is 1.54. The third-order valence-electron chi connectivity index (χ3n) is 3.74. The van der Waals surface area contributed by atoms with E-state index >= 15 is 0 Å². The van der Waals surface area contributed by atoms with E-state index in [1.165, 1.54) is 19.3 Å². The van der Waals surface area contributed by atoms with Gasteiger partial charge in [0.25, 0.3) is 5.91 Å². The van der Waals surface area contributed by atoms with E-state index < -0.39 is 6.10 Å². The Bertz CT molecular complexity index is 427. The first-order valence-electron chi connectivity index (χ1n) is 7.11. The van der Waals surface area contributed by atoms with Crippen LogP contribution >= 0.6 is 0 Å². The lowest BCUT2D eigenvalue weighted by Crippen LogP contribution is -2.37. The number of carbonyl (C=O) groups is 1. The van der Waals surface area contributed by atoms with Crippen LogP contribution in [-0.4, -0.2) is 35.9 Å². The monoisotopic (exact) mass is 282 g/mol. The van der Waals surface area contributed by atoms with Crippen molar-refractivity contribution in [1.82, 2.24) is 10.5 Å². The molecule has 0 radical (unpaired) electrons. The summed E-state index contributed by atoms with van der Waals surface area (Å²) < 4.78 is 9.84. The Morgan fingerprint density at radius 2 is 2.30 bits per heavy atom. The molecule has 0 spiro atoms. The average molecular weight is 282 g/mol. The fourth-order valence-corrected chi connectivity index (χ4v) is 2.60. The predicted molar refractivity (Wildman–Crippen MR) is 72.1 cm³/mol.